The molecule has 0 aliphatic carbocycles. The molecule has 1 aliphatic heterocycles. The van der Waals surface area contributed by atoms with Crippen LogP contribution >= 0.6 is 15.9 Å². The lowest BCUT2D eigenvalue weighted by atomic mass is 10.0. The lowest BCUT2D eigenvalue weighted by Crippen LogP contribution is -2.39. The molecule has 0 aromatic carbocycles. The van der Waals surface area contributed by atoms with Gasteiger partial charge in [0.1, 0.15) is 4.47 Å². The lowest BCUT2D eigenvalue weighted by molar-refractivity contribution is 0.219. The Morgan fingerprint density at radius 3 is 2.57 bits per heavy atom. The molecule has 1 aromatic heterocycles. The Balaban J connectivity index is 1.98. The number of hydrogen-bond donors (Lipinski definition) is 1. The number of nitrogens with zero attached hydrogens (tertiary/aromatic N) is 3. The van der Waals surface area contributed by atoms with Gasteiger partial charge in [-0.1, -0.05) is 13.8 Å². The molecule has 2 rings (SSSR count). The van der Waals surface area contributed by atoms with Crippen LogP contribution in [0.3, 0.4) is 0 Å². The van der Waals surface area contributed by atoms with E-state index in [1.807, 2.05) is 6.92 Å². The summed E-state index contributed by atoms with van der Waals surface area (Å²) in [5.41, 5.74) is 0.770. The van der Waals surface area contributed by atoms with Gasteiger partial charge in [0, 0.05) is 25.7 Å². The van der Waals surface area contributed by atoms with Crippen molar-refractivity contribution in [2.24, 2.45) is 0 Å². The number of halogens is 1. The second-order valence-electron chi connectivity index (χ2n) is 5.66. The van der Waals surface area contributed by atoms with Crippen LogP contribution in [0.5, 0.6) is 0 Å². The van der Waals surface area contributed by atoms with Crippen molar-refractivity contribution in [1.82, 2.24) is 14.7 Å². The summed E-state index contributed by atoms with van der Waals surface area (Å²) in [6.07, 6.45) is 6.11. The van der Waals surface area contributed by atoms with E-state index in [-0.39, 0.29) is 5.56 Å². The van der Waals surface area contributed by atoms with E-state index in [1.165, 1.54) is 17.6 Å². The first-order valence-electron chi connectivity index (χ1n) is 7.90. The zero-order valence-electron chi connectivity index (χ0n) is 12.9. The SMILES string of the molecule is CCCN1CCC(Nc2cnn(CCC)c(=O)c2Br)CC1. The third kappa shape index (κ3) is 4.30. The monoisotopic (exact) mass is 356 g/mol. The van der Waals surface area contributed by atoms with Crippen LogP contribution in [0.4, 0.5) is 5.69 Å². The smallest absolute Gasteiger partial charge is 0.283 e. The van der Waals surface area contributed by atoms with Crippen molar-refractivity contribution in [2.45, 2.75) is 52.1 Å². The van der Waals surface area contributed by atoms with Gasteiger partial charge in [0.2, 0.25) is 0 Å². The molecule has 1 saturated heterocycles. The van der Waals surface area contributed by atoms with Gasteiger partial charge >= 0.3 is 0 Å². The average molecular weight is 357 g/mol. The highest BCUT2D eigenvalue weighted by Crippen LogP contribution is 2.21. The van der Waals surface area contributed by atoms with E-state index in [1.54, 1.807) is 6.20 Å². The summed E-state index contributed by atoms with van der Waals surface area (Å²) < 4.78 is 2.11. The van der Waals surface area contributed by atoms with Crippen molar-refractivity contribution < 1.29 is 0 Å². The number of hydrogen-bond acceptors (Lipinski definition) is 4. The maximum absolute atomic E-state index is 12.2. The number of aromatic nitrogens is 2. The summed E-state index contributed by atoms with van der Waals surface area (Å²) in [5, 5.41) is 7.71. The van der Waals surface area contributed by atoms with Crippen LogP contribution in [0.2, 0.25) is 0 Å². The molecule has 0 radical (unpaired) electrons. The molecule has 1 aliphatic rings. The fourth-order valence-corrected chi connectivity index (χ4v) is 3.20. The van der Waals surface area contributed by atoms with E-state index >= 15 is 0 Å². The fourth-order valence-electron chi connectivity index (χ4n) is 2.77. The van der Waals surface area contributed by atoms with Crippen molar-refractivity contribution in [2.75, 3.05) is 25.0 Å². The van der Waals surface area contributed by atoms with E-state index in [9.17, 15) is 4.79 Å². The van der Waals surface area contributed by atoms with Gasteiger partial charge in [0.05, 0.1) is 11.9 Å². The van der Waals surface area contributed by atoms with Gasteiger partial charge in [-0.25, -0.2) is 4.68 Å². The van der Waals surface area contributed by atoms with Crippen molar-refractivity contribution in [3.05, 3.63) is 21.0 Å². The summed E-state index contributed by atoms with van der Waals surface area (Å²) in [6.45, 7) is 8.36. The molecule has 2 heterocycles. The standard InChI is InChI=1S/C15H25BrN4O/c1-3-7-19-9-5-12(6-10-19)18-13-11-17-20(8-4-2)15(21)14(13)16/h11-12,18H,3-10H2,1-2H3. The van der Waals surface area contributed by atoms with Crippen molar-refractivity contribution >= 4 is 21.6 Å². The van der Waals surface area contributed by atoms with Gasteiger partial charge in [-0.05, 0) is 48.2 Å². The highest BCUT2D eigenvalue weighted by molar-refractivity contribution is 9.10. The van der Waals surface area contributed by atoms with Crippen molar-refractivity contribution in [3.8, 4) is 0 Å². The second-order valence-corrected chi connectivity index (χ2v) is 6.45. The van der Waals surface area contributed by atoms with E-state index < -0.39 is 0 Å². The summed E-state index contributed by atoms with van der Waals surface area (Å²) >= 11 is 3.42. The molecular weight excluding hydrogens is 332 g/mol. The summed E-state index contributed by atoms with van der Waals surface area (Å²) in [4.78, 5) is 14.7. The van der Waals surface area contributed by atoms with Gasteiger partial charge in [-0.15, -0.1) is 0 Å². The number of rotatable bonds is 6. The molecule has 5 nitrogen and oxygen atoms in total. The number of likely N-dealkylation sites (tertiary alicyclic amines) is 1. The highest BCUT2D eigenvalue weighted by Gasteiger charge is 2.20. The van der Waals surface area contributed by atoms with Crippen LogP contribution < -0.4 is 10.9 Å². The Labute approximate surface area is 134 Å². The first kappa shape index (κ1) is 16.5. The normalized spacial score (nSPS) is 17.1. The lowest BCUT2D eigenvalue weighted by Gasteiger charge is -2.32. The highest BCUT2D eigenvalue weighted by atomic mass is 79.9. The minimum atomic E-state index is -0.0507. The van der Waals surface area contributed by atoms with Gasteiger partial charge in [-0.2, -0.15) is 5.10 Å². The van der Waals surface area contributed by atoms with Crippen LogP contribution in [0, 0.1) is 0 Å². The first-order valence-corrected chi connectivity index (χ1v) is 8.69. The minimum absolute atomic E-state index is 0.0507. The van der Waals surface area contributed by atoms with Gasteiger partial charge in [-0.3, -0.25) is 4.79 Å². The summed E-state index contributed by atoms with van der Waals surface area (Å²) in [5.74, 6) is 0. The van der Waals surface area contributed by atoms with Crippen molar-refractivity contribution in [3.63, 3.8) is 0 Å². The maximum atomic E-state index is 12.2. The largest absolute Gasteiger partial charge is 0.380 e. The molecule has 21 heavy (non-hydrogen) atoms. The van der Waals surface area contributed by atoms with E-state index in [0.717, 1.165) is 38.0 Å². The van der Waals surface area contributed by atoms with E-state index in [2.05, 4.69) is 38.2 Å². The van der Waals surface area contributed by atoms with Crippen LogP contribution in [-0.4, -0.2) is 40.4 Å². The Kier molecular flexibility index (Phi) is 6.23. The van der Waals surface area contributed by atoms with Gasteiger partial charge in [0.15, 0.2) is 0 Å². The zero-order valence-corrected chi connectivity index (χ0v) is 14.5. The Hall–Kier alpha value is -0.880. The molecule has 0 spiro atoms. The predicted octanol–water partition coefficient (Wildman–Crippen LogP) is 2.70. The molecule has 1 fully saturated rings. The van der Waals surface area contributed by atoms with E-state index in [0.29, 0.717) is 17.1 Å². The van der Waals surface area contributed by atoms with Crippen LogP contribution in [-0.2, 0) is 6.54 Å². The molecule has 0 unspecified atom stereocenters. The average Bonchev–Trinajstić information content (AvgIpc) is 2.49. The van der Waals surface area contributed by atoms with Gasteiger partial charge in [0.25, 0.3) is 5.56 Å². The Morgan fingerprint density at radius 2 is 1.95 bits per heavy atom. The number of nitrogens with one attached hydrogen (secondary N) is 1. The zero-order chi connectivity index (χ0) is 15.2. The number of piperidine rings is 1. The van der Waals surface area contributed by atoms with E-state index in [4.69, 9.17) is 0 Å². The summed E-state index contributed by atoms with van der Waals surface area (Å²) in [6, 6.07) is 0.428. The molecule has 6 heteroatoms. The molecule has 0 amide bonds. The van der Waals surface area contributed by atoms with Crippen LogP contribution in [0.1, 0.15) is 39.5 Å². The first-order chi connectivity index (χ1) is 10.2. The molecule has 0 bridgehead atoms. The molecule has 1 N–H and O–H groups in total. The molecular formula is C15H25BrN4O. The number of anilines is 1. The Bertz CT molecular complexity index is 509. The Morgan fingerprint density at radius 1 is 1.29 bits per heavy atom. The minimum Gasteiger partial charge on any atom is -0.380 e. The quantitative estimate of drug-likeness (QED) is 0.851. The maximum Gasteiger partial charge on any atom is 0.283 e. The summed E-state index contributed by atoms with van der Waals surface area (Å²) in [7, 11) is 0. The van der Waals surface area contributed by atoms with Crippen LogP contribution in [0.15, 0.2) is 15.5 Å². The third-order valence-corrected chi connectivity index (χ3v) is 4.67. The molecule has 1 aromatic rings. The van der Waals surface area contributed by atoms with Crippen molar-refractivity contribution in [1.29, 1.82) is 0 Å². The molecule has 118 valence electrons. The third-order valence-electron chi connectivity index (χ3n) is 3.91. The fraction of sp³-hybridized carbons (Fsp3) is 0.733. The topological polar surface area (TPSA) is 50.2 Å². The predicted molar refractivity (Wildman–Crippen MR) is 89.9 cm³/mol. The number of aryl methyl sites for hydroxylation is 1. The second kappa shape index (κ2) is 7.94. The van der Waals surface area contributed by atoms with Crippen LogP contribution in [0.25, 0.3) is 0 Å². The molecule has 0 saturated carbocycles. The van der Waals surface area contributed by atoms with Gasteiger partial charge < -0.3 is 10.2 Å². The molecule has 0 atom stereocenters.